The van der Waals surface area contributed by atoms with Crippen molar-refractivity contribution in [1.29, 1.82) is 0 Å². The van der Waals surface area contributed by atoms with Gasteiger partial charge in [0, 0.05) is 23.7 Å². The Labute approximate surface area is 152 Å². The number of alkyl halides is 1. The van der Waals surface area contributed by atoms with Gasteiger partial charge in [0.05, 0.1) is 9.93 Å². The van der Waals surface area contributed by atoms with E-state index in [0.29, 0.717) is 18.8 Å². The lowest BCUT2D eigenvalue weighted by atomic mass is 9.46. The highest BCUT2D eigenvalue weighted by atomic mass is 79.9. The van der Waals surface area contributed by atoms with Crippen LogP contribution in [0.1, 0.15) is 65.7 Å². The number of carbonyl (C=O) groups excluding carboxylic acids is 2. The number of allylic oxidation sites excluding steroid dienone is 1. The standard InChI is InChI=1S/C20H27BrO3/c1-17-8-6-13(22)10-12(17)4-5-15-14-7-9-19(3,24)18(14,2)11-16(23)20(15,17)21/h10,14-15,24H,4-9,11H2,1-3H3/t14-,15-,17-,18+,19+,20+/m1/s1. The topological polar surface area (TPSA) is 54.4 Å². The Morgan fingerprint density at radius 2 is 1.79 bits per heavy atom. The maximum Gasteiger partial charge on any atom is 0.155 e. The molecule has 0 spiro atoms. The van der Waals surface area contributed by atoms with Crippen LogP contribution in [0.4, 0.5) is 0 Å². The molecule has 4 rings (SSSR count). The van der Waals surface area contributed by atoms with Gasteiger partial charge < -0.3 is 5.11 Å². The van der Waals surface area contributed by atoms with E-state index < -0.39 is 9.93 Å². The number of hydrogen-bond acceptors (Lipinski definition) is 3. The SMILES string of the molecule is C[C@]1(O)CC[C@@H]2[C@H]3CCC4=CC(=O)CC[C@@]4(C)[C@@]3(Br)C(=O)C[C@@]21C. The van der Waals surface area contributed by atoms with Gasteiger partial charge in [0.15, 0.2) is 11.6 Å². The zero-order valence-electron chi connectivity index (χ0n) is 14.8. The lowest BCUT2D eigenvalue weighted by Crippen LogP contribution is -2.66. The average molecular weight is 395 g/mol. The van der Waals surface area contributed by atoms with Crippen molar-refractivity contribution >= 4 is 27.5 Å². The summed E-state index contributed by atoms with van der Waals surface area (Å²) in [5.74, 6) is 1.04. The fourth-order valence-electron chi connectivity index (χ4n) is 6.50. The van der Waals surface area contributed by atoms with E-state index in [1.54, 1.807) is 0 Å². The van der Waals surface area contributed by atoms with Gasteiger partial charge in [-0.2, -0.15) is 0 Å². The van der Waals surface area contributed by atoms with Crippen LogP contribution in [0.3, 0.4) is 0 Å². The lowest BCUT2D eigenvalue weighted by Gasteiger charge is -2.62. The Morgan fingerprint density at radius 1 is 1.08 bits per heavy atom. The van der Waals surface area contributed by atoms with Gasteiger partial charge in [-0.25, -0.2) is 0 Å². The smallest absolute Gasteiger partial charge is 0.155 e. The summed E-state index contributed by atoms with van der Waals surface area (Å²) in [6.45, 7) is 6.21. The van der Waals surface area contributed by atoms with E-state index in [1.165, 1.54) is 0 Å². The van der Waals surface area contributed by atoms with Crippen molar-refractivity contribution in [3.05, 3.63) is 11.6 Å². The fraction of sp³-hybridized carbons (Fsp3) is 0.800. The van der Waals surface area contributed by atoms with Crippen molar-refractivity contribution in [1.82, 2.24) is 0 Å². The molecule has 0 amide bonds. The van der Waals surface area contributed by atoms with Crippen LogP contribution in [0.15, 0.2) is 11.6 Å². The Morgan fingerprint density at radius 3 is 2.50 bits per heavy atom. The molecule has 4 heteroatoms. The molecular formula is C20H27BrO3. The zero-order chi connectivity index (χ0) is 17.5. The first-order valence-corrected chi connectivity index (χ1v) is 10.0. The van der Waals surface area contributed by atoms with Crippen LogP contribution < -0.4 is 0 Å². The molecule has 0 radical (unpaired) electrons. The highest BCUT2D eigenvalue weighted by molar-refractivity contribution is 9.10. The maximum absolute atomic E-state index is 13.5. The van der Waals surface area contributed by atoms with Crippen molar-refractivity contribution in [3.63, 3.8) is 0 Å². The van der Waals surface area contributed by atoms with Gasteiger partial charge in [0.1, 0.15) is 0 Å². The van der Waals surface area contributed by atoms with Gasteiger partial charge in [-0.15, -0.1) is 0 Å². The summed E-state index contributed by atoms with van der Waals surface area (Å²) in [6.07, 6.45) is 7.14. The number of rotatable bonds is 0. The van der Waals surface area contributed by atoms with Crippen molar-refractivity contribution in [2.24, 2.45) is 22.7 Å². The number of halogens is 1. The predicted molar refractivity (Wildman–Crippen MR) is 95.9 cm³/mol. The number of ketones is 2. The average Bonchev–Trinajstić information content (AvgIpc) is 2.72. The normalized spacial score (nSPS) is 54.0. The summed E-state index contributed by atoms with van der Waals surface area (Å²) in [4.78, 5) is 25.4. The number of carbonyl (C=O) groups is 2. The first-order valence-electron chi connectivity index (χ1n) is 9.25. The van der Waals surface area contributed by atoms with E-state index in [-0.39, 0.29) is 28.3 Å². The van der Waals surface area contributed by atoms with E-state index in [1.807, 2.05) is 13.0 Å². The molecule has 0 aromatic carbocycles. The molecule has 4 aliphatic carbocycles. The molecule has 3 saturated carbocycles. The van der Waals surface area contributed by atoms with Gasteiger partial charge in [-0.3, -0.25) is 9.59 Å². The number of aliphatic hydroxyl groups is 1. The highest BCUT2D eigenvalue weighted by Gasteiger charge is 2.71. The maximum atomic E-state index is 13.5. The van der Waals surface area contributed by atoms with Crippen molar-refractivity contribution in [3.8, 4) is 0 Å². The largest absolute Gasteiger partial charge is 0.390 e. The fourth-order valence-corrected chi connectivity index (χ4v) is 7.65. The molecule has 24 heavy (non-hydrogen) atoms. The third-order valence-corrected chi connectivity index (χ3v) is 10.3. The van der Waals surface area contributed by atoms with E-state index >= 15 is 0 Å². The number of fused-ring (bicyclic) bond motifs is 5. The van der Waals surface area contributed by atoms with Crippen molar-refractivity contribution in [2.45, 2.75) is 75.6 Å². The molecule has 0 heterocycles. The molecule has 0 saturated heterocycles. The molecule has 0 aromatic heterocycles. The lowest BCUT2D eigenvalue weighted by molar-refractivity contribution is -0.151. The van der Waals surface area contributed by atoms with E-state index in [4.69, 9.17) is 0 Å². The van der Waals surface area contributed by atoms with Gasteiger partial charge in [0.25, 0.3) is 0 Å². The van der Waals surface area contributed by atoms with Gasteiger partial charge in [-0.1, -0.05) is 35.4 Å². The Bertz CT molecular complexity index is 666. The first kappa shape index (κ1) is 17.0. The minimum atomic E-state index is -0.763. The van der Waals surface area contributed by atoms with Crippen molar-refractivity contribution in [2.75, 3.05) is 0 Å². The quantitative estimate of drug-likeness (QED) is 0.632. The van der Waals surface area contributed by atoms with Crippen LogP contribution in [-0.2, 0) is 9.59 Å². The number of Topliss-reactive ketones (excluding diaryl/α,β-unsaturated/α-hetero) is 1. The Balaban J connectivity index is 1.84. The summed E-state index contributed by atoms with van der Waals surface area (Å²) in [5, 5.41) is 10.9. The zero-order valence-corrected chi connectivity index (χ0v) is 16.4. The minimum absolute atomic E-state index is 0.203. The molecular weight excluding hydrogens is 368 g/mol. The monoisotopic (exact) mass is 394 g/mol. The molecule has 132 valence electrons. The van der Waals surface area contributed by atoms with Crippen LogP contribution in [0, 0.1) is 22.7 Å². The van der Waals surface area contributed by atoms with Crippen LogP contribution in [0.2, 0.25) is 0 Å². The minimum Gasteiger partial charge on any atom is -0.390 e. The molecule has 4 aliphatic rings. The highest BCUT2D eigenvalue weighted by Crippen LogP contribution is 2.70. The Kier molecular flexibility index (Phi) is 3.41. The van der Waals surface area contributed by atoms with Crippen molar-refractivity contribution < 1.29 is 14.7 Å². The summed E-state index contributed by atoms with van der Waals surface area (Å²) in [7, 11) is 0. The van der Waals surface area contributed by atoms with E-state index in [0.717, 1.165) is 37.7 Å². The van der Waals surface area contributed by atoms with Crippen LogP contribution in [0.25, 0.3) is 0 Å². The second-order valence-corrected chi connectivity index (χ2v) is 10.5. The summed E-state index contributed by atoms with van der Waals surface area (Å²) in [5.41, 5.74) is -0.194. The summed E-state index contributed by atoms with van der Waals surface area (Å²) in [6, 6.07) is 0. The molecule has 0 bridgehead atoms. The molecule has 3 fully saturated rings. The molecule has 0 aliphatic heterocycles. The second-order valence-electron chi connectivity index (χ2n) is 9.26. The van der Waals surface area contributed by atoms with Gasteiger partial charge >= 0.3 is 0 Å². The van der Waals surface area contributed by atoms with E-state index in [2.05, 4.69) is 29.8 Å². The molecule has 1 N–H and O–H groups in total. The molecule has 3 nitrogen and oxygen atoms in total. The Hall–Kier alpha value is -0.480. The second kappa shape index (κ2) is 4.82. The summed E-state index contributed by atoms with van der Waals surface area (Å²) >= 11 is 3.97. The first-order chi connectivity index (χ1) is 11.1. The predicted octanol–water partition coefficient (Wildman–Crippen LogP) is 3.97. The van der Waals surface area contributed by atoms with Crippen LogP contribution in [-0.4, -0.2) is 26.6 Å². The molecule has 0 aromatic rings. The third-order valence-electron chi connectivity index (χ3n) is 8.36. The van der Waals surface area contributed by atoms with Crippen LogP contribution in [0.5, 0.6) is 0 Å². The van der Waals surface area contributed by atoms with Gasteiger partial charge in [-0.05, 0) is 56.9 Å². The van der Waals surface area contributed by atoms with E-state index in [9.17, 15) is 14.7 Å². The number of hydrogen-bond donors (Lipinski definition) is 1. The van der Waals surface area contributed by atoms with Gasteiger partial charge in [0.2, 0.25) is 0 Å². The summed E-state index contributed by atoms with van der Waals surface area (Å²) < 4.78 is -0.574. The third kappa shape index (κ3) is 1.77. The van der Waals surface area contributed by atoms with Crippen LogP contribution >= 0.6 is 15.9 Å². The molecule has 0 unspecified atom stereocenters. The molecule has 6 atom stereocenters.